The third-order valence-corrected chi connectivity index (χ3v) is 7.03. The van der Waals surface area contributed by atoms with E-state index in [1.54, 1.807) is 42.6 Å². The fourth-order valence-corrected chi connectivity index (χ4v) is 4.86. The summed E-state index contributed by atoms with van der Waals surface area (Å²) in [5, 5.41) is 20.2. The van der Waals surface area contributed by atoms with Crippen LogP contribution in [0.1, 0.15) is 38.5 Å². The number of methoxy groups -OCH3 is 1. The first-order valence-corrected chi connectivity index (χ1v) is 11.9. The number of benzene rings is 2. The van der Waals surface area contributed by atoms with Gasteiger partial charge in [-0.1, -0.05) is 35.5 Å². The van der Waals surface area contributed by atoms with Crippen molar-refractivity contribution >= 4 is 45.7 Å². The van der Waals surface area contributed by atoms with E-state index < -0.39 is 6.03 Å². The van der Waals surface area contributed by atoms with Crippen molar-refractivity contribution in [2.24, 2.45) is 0 Å². The van der Waals surface area contributed by atoms with E-state index in [9.17, 15) is 9.59 Å². The molecule has 4 rings (SSSR count). The van der Waals surface area contributed by atoms with Crippen LogP contribution < -0.4 is 15.4 Å². The van der Waals surface area contributed by atoms with E-state index in [1.807, 2.05) is 19.9 Å². The first-order valence-electron chi connectivity index (χ1n) is 10.2. The number of ether oxygens (including phenoxy) is 1. The average molecular weight is 496 g/mol. The third-order valence-electron chi connectivity index (χ3n) is 4.78. The predicted octanol–water partition coefficient (Wildman–Crippen LogP) is 4.70. The molecule has 2 amide bonds. The van der Waals surface area contributed by atoms with Crippen molar-refractivity contribution in [2.45, 2.75) is 24.3 Å². The molecule has 0 fully saturated rings. The number of para-hydroxylation sites is 1. The number of aryl methyl sites for hydroxylation is 1. The number of aromatic nitrogens is 5. The second-order valence-electron chi connectivity index (χ2n) is 7.19. The lowest BCUT2D eigenvalue weighted by molar-refractivity contribution is 0.103. The van der Waals surface area contributed by atoms with Gasteiger partial charge in [-0.15, -0.1) is 16.4 Å². The van der Waals surface area contributed by atoms with Gasteiger partial charge in [0, 0.05) is 21.9 Å². The second-order valence-corrected chi connectivity index (χ2v) is 9.58. The topological polar surface area (TPSA) is 135 Å². The normalized spacial score (nSPS) is 11.6. The van der Waals surface area contributed by atoms with Gasteiger partial charge >= 0.3 is 6.03 Å². The maximum Gasteiger partial charge on any atom is 0.325 e. The maximum atomic E-state index is 13.3. The van der Waals surface area contributed by atoms with Crippen molar-refractivity contribution in [3.05, 3.63) is 70.2 Å². The van der Waals surface area contributed by atoms with Crippen LogP contribution in [0.2, 0.25) is 0 Å². The fourth-order valence-electron chi connectivity index (χ4n) is 3.14. The number of hydrogen-bond donors (Lipinski definition) is 3. The Bertz CT molecular complexity index is 1310. The Morgan fingerprint density at radius 3 is 2.74 bits per heavy atom. The number of H-pyrrole nitrogens is 1. The van der Waals surface area contributed by atoms with Gasteiger partial charge in [0.2, 0.25) is 5.16 Å². The summed E-state index contributed by atoms with van der Waals surface area (Å²) in [5.41, 5.74) is 2.06. The molecule has 0 saturated heterocycles. The van der Waals surface area contributed by atoms with Gasteiger partial charge < -0.3 is 10.1 Å². The lowest BCUT2D eigenvalue weighted by Gasteiger charge is -2.13. The smallest absolute Gasteiger partial charge is 0.325 e. The summed E-state index contributed by atoms with van der Waals surface area (Å²) in [6, 6.07) is 11.7. The van der Waals surface area contributed by atoms with E-state index in [2.05, 4.69) is 36.2 Å². The standard InChI is InChI=1S/C22H21N7O3S2/c1-12-8-9-16(15(10-12)19(30)14-6-4-5-7-17(14)32-3)24-20(31)25-21-23-11-18(34-21)13(2)33-22-26-28-29-27-22/h4-11,13H,1-3H3,(H2,23,24,25,31)(H,26,27,28,29). The van der Waals surface area contributed by atoms with Gasteiger partial charge in [0.05, 0.1) is 18.4 Å². The van der Waals surface area contributed by atoms with Crippen molar-refractivity contribution in [3.63, 3.8) is 0 Å². The molecule has 2 aromatic carbocycles. The number of hydrogen-bond acceptors (Lipinski definition) is 9. The van der Waals surface area contributed by atoms with E-state index in [0.717, 1.165) is 10.4 Å². The quantitative estimate of drug-likeness (QED) is 0.236. The molecule has 10 nitrogen and oxygen atoms in total. The SMILES string of the molecule is COc1ccccc1C(=O)c1cc(C)ccc1NC(=O)Nc1ncc(C(C)Sc2nnn[nH]2)s1. The average Bonchev–Trinajstić information content (AvgIpc) is 3.52. The first kappa shape index (κ1) is 23.4. The van der Waals surface area contributed by atoms with Crippen molar-refractivity contribution in [1.29, 1.82) is 0 Å². The van der Waals surface area contributed by atoms with E-state index in [1.165, 1.54) is 30.2 Å². The van der Waals surface area contributed by atoms with Gasteiger partial charge in [-0.05, 0) is 48.5 Å². The molecular formula is C22H21N7O3S2. The highest BCUT2D eigenvalue weighted by Gasteiger charge is 2.20. The molecule has 12 heteroatoms. The Kier molecular flexibility index (Phi) is 7.18. The molecule has 0 aliphatic heterocycles. The number of anilines is 2. The molecule has 2 heterocycles. The van der Waals surface area contributed by atoms with Crippen molar-refractivity contribution in [1.82, 2.24) is 25.6 Å². The Hall–Kier alpha value is -3.77. The lowest BCUT2D eigenvalue weighted by atomic mass is 9.99. The number of thioether (sulfide) groups is 1. The van der Waals surface area contributed by atoms with Gasteiger partial charge in [0.25, 0.3) is 0 Å². The molecule has 1 atom stereocenters. The zero-order valence-corrected chi connectivity index (χ0v) is 20.2. The summed E-state index contributed by atoms with van der Waals surface area (Å²) < 4.78 is 5.33. The number of ketones is 1. The maximum absolute atomic E-state index is 13.3. The number of tetrazole rings is 1. The molecule has 0 radical (unpaired) electrons. The minimum absolute atomic E-state index is 0.0352. The number of nitrogens with one attached hydrogen (secondary N) is 3. The number of thiazole rings is 1. The van der Waals surface area contributed by atoms with Gasteiger partial charge in [-0.3, -0.25) is 10.1 Å². The molecular weight excluding hydrogens is 474 g/mol. The third kappa shape index (κ3) is 5.41. The van der Waals surface area contributed by atoms with Crippen LogP contribution in [0.3, 0.4) is 0 Å². The van der Waals surface area contributed by atoms with Crippen LogP contribution in [0.15, 0.2) is 53.8 Å². The molecule has 0 aliphatic carbocycles. The van der Waals surface area contributed by atoms with Crippen molar-refractivity contribution in [3.8, 4) is 5.75 Å². The van der Waals surface area contributed by atoms with Gasteiger partial charge in [0.1, 0.15) is 5.75 Å². The Balaban J connectivity index is 1.48. The highest BCUT2D eigenvalue weighted by Crippen LogP contribution is 2.36. The second kappa shape index (κ2) is 10.4. The molecule has 0 aliphatic rings. The number of carbonyl (C=O) groups excluding carboxylic acids is 2. The lowest BCUT2D eigenvalue weighted by Crippen LogP contribution is -2.21. The van der Waals surface area contributed by atoms with E-state index in [4.69, 9.17) is 4.74 Å². The summed E-state index contributed by atoms with van der Waals surface area (Å²) in [7, 11) is 1.51. The molecule has 174 valence electrons. The van der Waals surface area contributed by atoms with Crippen LogP contribution in [0.25, 0.3) is 0 Å². The number of urea groups is 1. The van der Waals surface area contributed by atoms with Gasteiger partial charge in [-0.2, -0.15) is 0 Å². The molecule has 34 heavy (non-hydrogen) atoms. The summed E-state index contributed by atoms with van der Waals surface area (Å²) in [6.07, 6.45) is 1.70. The van der Waals surface area contributed by atoms with Crippen LogP contribution in [0.5, 0.6) is 5.75 Å². The molecule has 0 bridgehead atoms. The van der Waals surface area contributed by atoms with E-state index in [0.29, 0.717) is 32.9 Å². The predicted molar refractivity (Wildman–Crippen MR) is 131 cm³/mol. The number of nitrogens with zero attached hydrogens (tertiary/aromatic N) is 4. The molecule has 1 unspecified atom stereocenters. The molecule has 2 aromatic heterocycles. The highest BCUT2D eigenvalue weighted by atomic mass is 32.2. The molecule has 0 spiro atoms. The molecule has 0 saturated carbocycles. The van der Waals surface area contributed by atoms with Crippen LogP contribution in [-0.2, 0) is 0 Å². The summed E-state index contributed by atoms with van der Waals surface area (Å²) in [4.78, 5) is 31.2. The zero-order valence-electron chi connectivity index (χ0n) is 18.5. The highest BCUT2D eigenvalue weighted by molar-refractivity contribution is 7.99. The number of aromatic amines is 1. The minimum Gasteiger partial charge on any atom is -0.496 e. The molecule has 4 aromatic rings. The zero-order chi connectivity index (χ0) is 24.1. The Morgan fingerprint density at radius 1 is 1.15 bits per heavy atom. The van der Waals surface area contributed by atoms with Crippen molar-refractivity contribution in [2.75, 3.05) is 17.7 Å². The van der Waals surface area contributed by atoms with Crippen LogP contribution in [-0.4, -0.2) is 44.5 Å². The fraction of sp³-hybridized carbons (Fsp3) is 0.182. The Morgan fingerprint density at radius 2 is 1.97 bits per heavy atom. The number of amides is 2. The Labute approximate surface area is 203 Å². The van der Waals surface area contributed by atoms with Gasteiger partial charge in [-0.25, -0.2) is 14.9 Å². The largest absolute Gasteiger partial charge is 0.496 e. The summed E-state index contributed by atoms with van der Waals surface area (Å²) in [6.45, 7) is 3.88. The minimum atomic E-state index is -0.501. The van der Waals surface area contributed by atoms with E-state index >= 15 is 0 Å². The van der Waals surface area contributed by atoms with Gasteiger partial charge in [0.15, 0.2) is 10.9 Å². The van der Waals surface area contributed by atoms with Crippen LogP contribution >= 0.6 is 23.1 Å². The van der Waals surface area contributed by atoms with Crippen molar-refractivity contribution < 1.29 is 14.3 Å². The molecule has 3 N–H and O–H groups in total. The first-order chi connectivity index (χ1) is 16.4. The number of rotatable bonds is 8. The van der Waals surface area contributed by atoms with Crippen LogP contribution in [0, 0.1) is 6.92 Å². The summed E-state index contributed by atoms with van der Waals surface area (Å²) >= 11 is 2.79. The number of carbonyl (C=O) groups is 2. The summed E-state index contributed by atoms with van der Waals surface area (Å²) in [5.74, 6) is 0.216. The van der Waals surface area contributed by atoms with E-state index in [-0.39, 0.29) is 11.0 Å². The monoisotopic (exact) mass is 495 g/mol. The van der Waals surface area contributed by atoms with Crippen LogP contribution in [0.4, 0.5) is 15.6 Å².